The molecule has 0 heterocycles. The predicted molar refractivity (Wildman–Crippen MR) is 76.4 cm³/mol. The monoisotopic (exact) mass is 295 g/mol. The Labute approximate surface area is 121 Å². The highest BCUT2D eigenvalue weighted by atomic mass is 19.1. The first kappa shape index (κ1) is 15.2. The van der Waals surface area contributed by atoms with Crippen molar-refractivity contribution >= 4 is 17.3 Å². The van der Waals surface area contributed by atoms with Gasteiger partial charge in [0.2, 0.25) is 0 Å². The van der Waals surface area contributed by atoms with Gasteiger partial charge in [-0.05, 0) is 30.7 Å². The zero-order valence-corrected chi connectivity index (χ0v) is 11.8. The minimum Gasteiger partial charge on any atom is -0.392 e. The van der Waals surface area contributed by atoms with Crippen molar-refractivity contribution in [2.45, 2.75) is 32.6 Å². The Kier molecular flexibility index (Phi) is 4.11. The van der Waals surface area contributed by atoms with Crippen molar-refractivity contribution in [2.75, 3.05) is 12.3 Å². The lowest BCUT2D eigenvalue weighted by molar-refractivity contribution is -0.384. The molecule has 21 heavy (non-hydrogen) atoms. The summed E-state index contributed by atoms with van der Waals surface area (Å²) in [6.07, 6.45) is 4.10. The number of carbonyl (C=O) groups excluding carboxylic acids is 1. The number of nitrogen functional groups attached to an aromatic ring is 1. The number of nitro groups is 1. The van der Waals surface area contributed by atoms with Gasteiger partial charge in [0, 0.05) is 12.6 Å². The molecule has 0 atom stereocenters. The molecule has 1 aromatic carbocycles. The topological polar surface area (TPSA) is 98.3 Å². The third kappa shape index (κ3) is 2.81. The van der Waals surface area contributed by atoms with Crippen molar-refractivity contribution < 1.29 is 14.1 Å². The molecule has 0 spiro atoms. The maximum atomic E-state index is 13.8. The second-order valence-electron chi connectivity index (χ2n) is 5.50. The number of nitrogens with two attached hydrogens (primary N) is 1. The predicted octanol–water partition coefficient (Wildman–Crippen LogP) is 2.63. The third-order valence-electron chi connectivity index (χ3n) is 4.38. The van der Waals surface area contributed by atoms with E-state index in [2.05, 4.69) is 5.32 Å². The molecule has 0 bridgehead atoms. The zero-order chi connectivity index (χ0) is 15.6. The van der Waals surface area contributed by atoms with Crippen LogP contribution in [-0.2, 0) is 0 Å². The molecule has 0 saturated heterocycles. The van der Waals surface area contributed by atoms with Gasteiger partial charge in [-0.25, -0.2) is 4.39 Å². The number of hydrogen-bond donors (Lipinski definition) is 2. The third-order valence-corrected chi connectivity index (χ3v) is 4.38. The summed E-state index contributed by atoms with van der Waals surface area (Å²) in [5.74, 6) is -1.55. The molecular weight excluding hydrogens is 277 g/mol. The van der Waals surface area contributed by atoms with Crippen molar-refractivity contribution in [1.82, 2.24) is 5.32 Å². The summed E-state index contributed by atoms with van der Waals surface area (Å²) < 4.78 is 13.8. The first-order chi connectivity index (χ1) is 9.90. The first-order valence-corrected chi connectivity index (χ1v) is 6.91. The number of hydrogen-bond acceptors (Lipinski definition) is 4. The average molecular weight is 295 g/mol. The Morgan fingerprint density at radius 1 is 1.52 bits per heavy atom. The molecular formula is C14H18FN3O3. The van der Waals surface area contributed by atoms with Crippen molar-refractivity contribution in [2.24, 2.45) is 5.41 Å². The van der Waals surface area contributed by atoms with Gasteiger partial charge in [-0.15, -0.1) is 0 Å². The van der Waals surface area contributed by atoms with Crippen LogP contribution in [0.15, 0.2) is 12.1 Å². The van der Waals surface area contributed by atoms with Crippen LogP contribution in [0.5, 0.6) is 0 Å². The first-order valence-electron chi connectivity index (χ1n) is 6.91. The Bertz CT molecular complexity index is 580. The Morgan fingerprint density at radius 3 is 2.67 bits per heavy atom. The number of amides is 1. The van der Waals surface area contributed by atoms with Gasteiger partial charge in [0.1, 0.15) is 17.1 Å². The summed E-state index contributed by atoms with van der Waals surface area (Å²) >= 11 is 0. The molecule has 6 nitrogen and oxygen atoms in total. The highest BCUT2D eigenvalue weighted by molar-refractivity contribution is 6.01. The Balaban J connectivity index is 2.19. The van der Waals surface area contributed by atoms with Crippen molar-refractivity contribution in [3.8, 4) is 0 Å². The van der Waals surface area contributed by atoms with E-state index in [-0.39, 0.29) is 5.41 Å². The second kappa shape index (κ2) is 5.67. The molecule has 1 saturated carbocycles. The standard InChI is InChI=1S/C14H18FN3O3/c1-2-14(6-3-7-14)8-17-13(19)11-9(15)4-5-10(12(11)16)18(20)21/h4-5H,2-3,6-8,16H2,1H3,(H,17,19). The SMILES string of the molecule is CCC1(CNC(=O)c2c(F)ccc([N+](=O)[O-])c2N)CCC1. The van der Waals surface area contributed by atoms with Crippen LogP contribution in [0.4, 0.5) is 15.8 Å². The summed E-state index contributed by atoms with van der Waals surface area (Å²) in [6, 6.07) is 1.85. The van der Waals surface area contributed by atoms with E-state index >= 15 is 0 Å². The van der Waals surface area contributed by atoms with Gasteiger partial charge in [0.15, 0.2) is 0 Å². The summed E-state index contributed by atoms with van der Waals surface area (Å²) in [6.45, 7) is 2.48. The second-order valence-corrected chi connectivity index (χ2v) is 5.50. The minimum atomic E-state index is -0.852. The van der Waals surface area contributed by atoms with Crippen molar-refractivity contribution in [3.05, 3.63) is 33.6 Å². The van der Waals surface area contributed by atoms with E-state index in [1.807, 2.05) is 6.92 Å². The smallest absolute Gasteiger partial charge is 0.293 e. The maximum absolute atomic E-state index is 13.8. The van der Waals surface area contributed by atoms with Crippen LogP contribution in [0.3, 0.4) is 0 Å². The molecule has 0 unspecified atom stereocenters. The van der Waals surface area contributed by atoms with Crippen LogP contribution >= 0.6 is 0 Å². The number of rotatable bonds is 5. The molecule has 0 radical (unpaired) electrons. The van der Waals surface area contributed by atoms with E-state index in [0.29, 0.717) is 6.54 Å². The molecule has 1 aromatic rings. The fourth-order valence-corrected chi connectivity index (χ4v) is 2.66. The van der Waals surface area contributed by atoms with Crippen molar-refractivity contribution in [3.63, 3.8) is 0 Å². The van der Waals surface area contributed by atoms with Crippen LogP contribution in [0.25, 0.3) is 0 Å². The van der Waals surface area contributed by atoms with Crippen LogP contribution in [0.2, 0.25) is 0 Å². The summed E-state index contributed by atoms with van der Waals surface area (Å²) in [5.41, 5.74) is 4.29. The van der Waals surface area contributed by atoms with Gasteiger partial charge in [0.05, 0.1) is 4.92 Å². The molecule has 1 aliphatic carbocycles. The largest absolute Gasteiger partial charge is 0.392 e. The van der Waals surface area contributed by atoms with Crippen LogP contribution in [0.1, 0.15) is 43.0 Å². The molecule has 1 amide bonds. The molecule has 0 aliphatic heterocycles. The normalized spacial score (nSPS) is 16.1. The van der Waals surface area contributed by atoms with Crippen LogP contribution in [-0.4, -0.2) is 17.4 Å². The number of nitrogens with one attached hydrogen (secondary N) is 1. The van der Waals surface area contributed by atoms with Crippen LogP contribution in [0, 0.1) is 21.3 Å². The number of benzene rings is 1. The lowest BCUT2D eigenvalue weighted by Gasteiger charge is -2.41. The van der Waals surface area contributed by atoms with Crippen LogP contribution < -0.4 is 11.1 Å². The average Bonchev–Trinajstić information content (AvgIpc) is 2.37. The van der Waals surface area contributed by atoms with Gasteiger partial charge in [0.25, 0.3) is 11.6 Å². The van der Waals surface area contributed by atoms with Gasteiger partial charge < -0.3 is 11.1 Å². The zero-order valence-electron chi connectivity index (χ0n) is 11.8. The van der Waals surface area contributed by atoms with E-state index in [4.69, 9.17) is 5.73 Å². The highest BCUT2D eigenvalue weighted by Gasteiger charge is 2.35. The molecule has 114 valence electrons. The lowest BCUT2D eigenvalue weighted by Crippen LogP contribution is -2.42. The fourth-order valence-electron chi connectivity index (χ4n) is 2.66. The molecule has 3 N–H and O–H groups in total. The Hall–Kier alpha value is -2.18. The van der Waals surface area contributed by atoms with E-state index in [9.17, 15) is 19.3 Å². The number of nitrogens with zero attached hydrogens (tertiary/aromatic N) is 1. The lowest BCUT2D eigenvalue weighted by atomic mass is 9.67. The van der Waals surface area contributed by atoms with Gasteiger partial charge >= 0.3 is 0 Å². The quantitative estimate of drug-likeness (QED) is 0.495. The Morgan fingerprint density at radius 2 is 2.19 bits per heavy atom. The molecule has 7 heteroatoms. The summed E-state index contributed by atoms with van der Waals surface area (Å²) in [4.78, 5) is 22.2. The maximum Gasteiger partial charge on any atom is 0.293 e. The molecule has 0 aromatic heterocycles. The number of carbonyl (C=O) groups is 1. The molecule has 1 aliphatic rings. The number of anilines is 1. The van der Waals surface area contributed by atoms with E-state index in [1.54, 1.807) is 0 Å². The van der Waals surface area contributed by atoms with E-state index in [1.165, 1.54) is 0 Å². The molecule has 2 rings (SSSR count). The highest BCUT2D eigenvalue weighted by Crippen LogP contribution is 2.43. The number of nitro benzene ring substituents is 1. The summed E-state index contributed by atoms with van der Waals surface area (Å²) in [5, 5.41) is 13.5. The van der Waals surface area contributed by atoms with Gasteiger partial charge in [-0.1, -0.05) is 13.3 Å². The minimum absolute atomic E-state index is 0.0710. The summed E-state index contributed by atoms with van der Waals surface area (Å²) in [7, 11) is 0. The van der Waals surface area contributed by atoms with Gasteiger partial charge in [-0.2, -0.15) is 0 Å². The van der Waals surface area contributed by atoms with Crippen molar-refractivity contribution in [1.29, 1.82) is 0 Å². The molecule has 1 fully saturated rings. The van der Waals surface area contributed by atoms with E-state index in [0.717, 1.165) is 37.8 Å². The van der Waals surface area contributed by atoms with E-state index < -0.39 is 33.6 Å². The fraction of sp³-hybridized carbons (Fsp3) is 0.500. The number of halogens is 1. The van der Waals surface area contributed by atoms with Gasteiger partial charge in [-0.3, -0.25) is 14.9 Å².